The third-order valence-electron chi connectivity index (χ3n) is 9.55. The Bertz CT molecular complexity index is 1100. The Morgan fingerprint density at radius 1 is 1.29 bits per heavy atom. The van der Waals surface area contributed by atoms with E-state index in [1.807, 2.05) is 13.0 Å². The molecule has 4 aliphatic rings. The van der Waals surface area contributed by atoms with Gasteiger partial charge in [-0.1, -0.05) is 31.6 Å². The highest BCUT2D eigenvalue weighted by atomic mass is 32.1. The fourth-order valence-corrected chi connectivity index (χ4v) is 8.92. The van der Waals surface area contributed by atoms with Crippen molar-refractivity contribution in [2.75, 3.05) is 13.2 Å². The van der Waals surface area contributed by atoms with Crippen molar-refractivity contribution >= 4 is 28.8 Å². The van der Waals surface area contributed by atoms with Gasteiger partial charge in [0.2, 0.25) is 0 Å². The van der Waals surface area contributed by atoms with E-state index in [0.29, 0.717) is 22.8 Å². The topological polar surface area (TPSA) is 115 Å². The fraction of sp³-hybridized carbons (Fsp3) is 0.593. The van der Waals surface area contributed by atoms with Crippen molar-refractivity contribution in [3.63, 3.8) is 0 Å². The second-order valence-corrected chi connectivity index (χ2v) is 12.2. The Balaban J connectivity index is 1.47. The van der Waals surface area contributed by atoms with Crippen molar-refractivity contribution in [2.45, 2.75) is 45.6 Å². The van der Waals surface area contributed by atoms with Crippen molar-refractivity contribution in [3.8, 4) is 0 Å². The number of allylic oxidation sites excluding steroid dienone is 4. The smallest absolute Gasteiger partial charge is 0.287 e. The minimum atomic E-state index is -0.668. The molecule has 3 saturated carbocycles. The van der Waals surface area contributed by atoms with Gasteiger partial charge >= 0.3 is 0 Å². The highest BCUT2D eigenvalue weighted by Gasteiger charge is 2.65. The van der Waals surface area contributed by atoms with Gasteiger partial charge < -0.3 is 10.2 Å². The van der Waals surface area contributed by atoms with Gasteiger partial charge in [0.05, 0.1) is 17.5 Å². The van der Waals surface area contributed by atoms with Gasteiger partial charge in [0.25, 0.3) is 5.91 Å². The zero-order valence-electron chi connectivity index (χ0n) is 20.1. The standard InChI is InChI=1S/C27H33NO6S/c1-26-8-7-17(30)11-16(26)5-6-18-19-10-15(13-28(34)25(33)22-4-3-9-35-22)23(21(32)14-29)27(19,2)12-20(31)24(18)26/h3-4,7-9,11,15,18-20,23-24,29,31,34H,5-6,10,12-14H2,1-2H3/t15-,18?,19?,20?,23?,24?,26?,27-/m0/s1. The Hall–Kier alpha value is -2.13. The lowest BCUT2D eigenvalue weighted by molar-refractivity contribution is -0.144. The number of ketones is 2. The second kappa shape index (κ2) is 8.76. The van der Waals surface area contributed by atoms with Gasteiger partial charge in [0, 0.05) is 17.3 Å². The van der Waals surface area contributed by atoms with Crippen LogP contribution in [0.1, 0.15) is 49.2 Å². The molecule has 3 N–H and O–H groups in total. The molecular weight excluding hydrogens is 466 g/mol. The van der Waals surface area contributed by atoms with Gasteiger partial charge in [-0.2, -0.15) is 0 Å². The summed E-state index contributed by atoms with van der Waals surface area (Å²) in [7, 11) is 0. The predicted octanol–water partition coefficient (Wildman–Crippen LogP) is 3.26. The summed E-state index contributed by atoms with van der Waals surface area (Å²) in [6.45, 7) is 3.53. The molecule has 188 valence electrons. The van der Waals surface area contributed by atoms with E-state index in [2.05, 4.69) is 6.92 Å². The number of hydrogen-bond acceptors (Lipinski definition) is 7. The highest BCUT2D eigenvalue weighted by Crippen LogP contribution is 2.67. The minimum Gasteiger partial charge on any atom is -0.393 e. The molecular formula is C27H33NO6S. The van der Waals surface area contributed by atoms with Crippen LogP contribution in [0.4, 0.5) is 0 Å². The van der Waals surface area contributed by atoms with Gasteiger partial charge in [0.1, 0.15) is 6.61 Å². The first kappa shape index (κ1) is 24.6. The van der Waals surface area contributed by atoms with Crippen molar-refractivity contribution in [1.82, 2.24) is 5.06 Å². The number of aliphatic hydroxyl groups excluding tert-OH is 2. The zero-order valence-corrected chi connectivity index (χ0v) is 20.9. The largest absolute Gasteiger partial charge is 0.393 e. The molecule has 0 saturated heterocycles. The van der Waals surface area contributed by atoms with E-state index in [0.717, 1.165) is 18.4 Å². The molecule has 1 aromatic rings. The summed E-state index contributed by atoms with van der Waals surface area (Å²) in [6, 6.07) is 3.40. The maximum absolute atomic E-state index is 13.1. The molecule has 0 radical (unpaired) electrons. The van der Waals surface area contributed by atoms with Gasteiger partial charge in [-0.3, -0.25) is 19.6 Å². The number of thiophene rings is 1. The second-order valence-electron chi connectivity index (χ2n) is 11.3. The van der Waals surface area contributed by atoms with Crippen LogP contribution in [0.15, 0.2) is 41.3 Å². The zero-order chi connectivity index (χ0) is 25.1. The van der Waals surface area contributed by atoms with Crippen molar-refractivity contribution in [3.05, 3.63) is 46.2 Å². The molecule has 6 unspecified atom stereocenters. The Kier molecular flexibility index (Phi) is 6.15. The molecule has 8 heteroatoms. The molecule has 0 spiro atoms. The van der Waals surface area contributed by atoms with Crippen molar-refractivity contribution in [1.29, 1.82) is 0 Å². The summed E-state index contributed by atoms with van der Waals surface area (Å²) in [5, 5.41) is 34.5. The Labute approximate surface area is 209 Å². The molecule has 0 aromatic carbocycles. The predicted molar refractivity (Wildman–Crippen MR) is 130 cm³/mol. The average molecular weight is 500 g/mol. The molecule has 4 aliphatic carbocycles. The Morgan fingerprint density at radius 3 is 2.74 bits per heavy atom. The lowest BCUT2D eigenvalue weighted by atomic mass is 9.46. The molecule has 35 heavy (non-hydrogen) atoms. The molecule has 1 aromatic heterocycles. The summed E-state index contributed by atoms with van der Waals surface area (Å²) in [6.07, 6.45) is 7.21. The summed E-state index contributed by atoms with van der Waals surface area (Å²) >= 11 is 1.25. The van der Waals surface area contributed by atoms with Crippen LogP contribution in [0, 0.1) is 40.4 Å². The van der Waals surface area contributed by atoms with E-state index in [4.69, 9.17) is 0 Å². The van der Waals surface area contributed by atoms with Crippen molar-refractivity contribution < 1.29 is 29.8 Å². The number of hydrogen-bond donors (Lipinski definition) is 3. The van der Waals surface area contributed by atoms with Crippen LogP contribution in [-0.2, 0) is 9.59 Å². The van der Waals surface area contributed by atoms with Gasteiger partial charge in [0.15, 0.2) is 11.6 Å². The number of Topliss-reactive ketones (excluding diaryl/α,β-unsaturated/α-hetero) is 1. The first-order valence-electron chi connectivity index (χ1n) is 12.4. The van der Waals surface area contributed by atoms with E-state index < -0.39 is 35.4 Å². The quantitative estimate of drug-likeness (QED) is 0.423. The number of hydroxylamine groups is 2. The summed E-state index contributed by atoms with van der Waals surface area (Å²) in [5.41, 5.74) is 0.100. The normalized spacial score (nSPS) is 39.9. The molecule has 1 heterocycles. The number of fused-ring (bicyclic) bond motifs is 5. The van der Waals surface area contributed by atoms with E-state index >= 15 is 0 Å². The van der Waals surface area contributed by atoms with Crippen LogP contribution < -0.4 is 0 Å². The lowest BCUT2D eigenvalue weighted by Crippen LogP contribution is -2.56. The van der Waals surface area contributed by atoms with Crippen LogP contribution >= 0.6 is 11.3 Å². The molecule has 8 atom stereocenters. The van der Waals surface area contributed by atoms with Crippen molar-refractivity contribution in [2.24, 2.45) is 40.4 Å². The monoisotopic (exact) mass is 499 g/mol. The van der Waals surface area contributed by atoms with Crippen LogP contribution in [0.5, 0.6) is 0 Å². The molecule has 1 amide bonds. The van der Waals surface area contributed by atoms with Gasteiger partial charge in [-0.05, 0) is 72.5 Å². The molecule has 7 nitrogen and oxygen atoms in total. The van der Waals surface area contributed by atoms with Crippen LogP contribution in [0.25, 0.3) is 0 Å². The highest BCUT2D eigenvalue weighted by molar-refractivity contribution is 7.12. The van der Waals surface area contributed by atoms with Crippen LogP contribution in [0.3, 0.4) is 0 Å². The summed E-state index contributed by atoms with van der Waals surface area (Å²) in [4.78, 5) is 38.3. The SMILES string of the molecule is CC12C=CC(=O)C=C1CCC1C2C(O)C[C@@]2(C)C1C[C@@H](CN(O)C(=O)c1cccs1)C2C(=O)CO. The molecule has 0 aliphatic heterocycles. The Morgan fingerprint density at radius 2 is 2.06 bits per heavy atom. The van der Waals surface area contributed by atoms with E-state index in [1.54, 1.807) is 29.7 Å². The molecule has 0 bridgehead atoms. The van der Waals surface area contributed by atoms with E-state index in [1.165, 1.54) is 11.3 Å². The minimum absolute atomic E-state index is 0.00351. The number of amides is 1. The number of aliphatic hydroxyl groups is 2. The number of nitrogens with zero attached hydrogens (tertiary/aromatic N) is 1. The van der Waals surface area contributed by atoms with E-state index in [9.17, 15) is 29.8 Å². The molecule has 3 fully saturated rings. The summed E-state index contributed by atoms with van der Waals surface area (Å²) < 4.78 is 0. The maximum Gasteiger partial charge on any atom is 0.287 e. The number of carbonyl (C=O) groups excluding carboxylic acids is 3. The van der Waals surface area contributed by atoms with Gasteiger partial charge in [-0.15, -0.1) is 11.3 Å². The number of rotatable bonds is 5. The van der Waals surface area contributed by atoms with E-state index in [-0.39, 0.29) is 41.8 Å². The lowest BCUT2D eigenvalue weighted by Gasteiger charge is -2.58. The first-order chi connectivity index (χ1) is 16.6. The number of carbonyl (C=O) groups is 3. The third-order valence-corrected chi connectivity index (χ3v) is 10.4. The van der Waals surface area contributed by atoms with Crippen LogP contribution in [-0.4, -0.2) is 57.2 Å². The molecule has 5 rings (SSSR count). The van der Waals surface area contributed by atoms with Gasteiger partial charge in [-0.25, -0.2) is 5.06 Å². The third kappa shape index (κ3) is 3.77. The van der Waals surface area contributed by atoms with Crippen LogP contribution in [0.2, 0.25) is 0 Å². The first-order valence-corrected chi connectivity index (χ1v) is 13.3. The maximum atomic E-state index is 13.1. The average Bonchev–Trinajstić information content (AvgIpc) is 3.44. The fourth-order valence-electron chi connectivity index (χ4n) is 8.25. The summed E-state index contributed by atoms with van der Waals surface area (Å²) in [5.74, 6) is -1.55.